The Morgan fingerprint density at radius 3 is 2.37 bits per heavy atom. The molecule has 0 aliphatic heterocycles. The van der Waals surface area contributed by atoms with Crippen LogP contribution in [-0.2, 0) is 9.53 Å². The predicted molar refractivity (Wildman–Crippen MR) is 101 cm³/mol. The highest BCUT2D eigenvalue weighted by Crippen LogP contribution is 2.16. The predicted octanol–water partition coefficient (Wildman–Crippen LogP) is 2.80. The molecule has 0 fully saturated rings. The molecule has 0 unspecified atom stereocenters. The summed E-state index contributed by atoms with van der Waals surface area (Å²) in [7, 11) is 0. The Labute approximate surface area is 157 Å². The lowest BCUT2D eigenvalue weighted by atomic mass is 10.2. The minimum Gasteiger partial charge on any atom is -0.444 e. The number of amides is 3. The molecule has 0 spiro atoms. The van der Waals surface area contributed by atoms with E-state index in [2.05, 4.69) is 20.9 Å². The van der Waals surface area contributed by atoms with Crippen LogP contribution in [0.3, 0.4) is 0 Å². The van der Waals surface area contributed by atoms with Gasteiger partial charge in [-0.2, -0.15) is 0 Å². The van der Waals surface area contributed by atoms with E-state index in [1.54, 1.807) is 63.4 Å². The van der Waals surface area contributed by atoms with Crippen molar-refractivity contribution >= 4 is 29.3 Å². The minimum atomic E-state index is -0.671. The fourth-order valence-corrected chi connectivity index (χ4v) is 2.05. The van der Waals surface area contributed by atoms with Gasteiger partial charge in [-0.15, -0.1) is 0 Å². The van der Waals surface area contributed by atoms with E-state index in [0.29, 0.717) is 16.9 Å². The van der Waals surface area contributed by atoms with E-state index in [-0.39, 0.29) is 12.5 Å². The Hall–Kier alpha value is -3.42. The second-order valence-corrected chi connectivity index (χ2v) is 6.68. The molecule has 1 aromatic carbocycles. The zero-order valence-electron chi connectivity index (χ0n) is 15.4. The van der Waals surface area contributed by atoms with E-state index in [0.717, 1.165) is 0 Å². The summed E-state index contributed by atoms with van der Waals surface area (Å²) in [5, 5.41) is 7.75. The Kier molecular flexibility index (Phi) is 6.48. The largest absolute Gasteiger partial charge is 0.444 e. The molecule has 0 aliphatic carbocycles. The lowest BCUT2D eigenvalue weighted by Gasteiger charge is -2.19. The van der Waals surface area contributed by atoms with Gasteiger partial charge in [-0.25, -0.2) is 4.79 Å². The van der Waals surface area contributed by atoms with Crippen LogP contribution in [0.25, 0.3) is 0 Å². The van der Waals surface area contributed by atoms with Crippen molar-refractivity contribution in [2.45, 2.75) is 26.4 Å². The first-order valence-corrected chi connectivity index (χ1v) is 8.31. The van der Waals surface area contributed by atoms with Gasteiger partial charge in [-0.05, 0) is 51.1 Å². The summed E-state index contributed by atoms with van der Waals surface area (Å²) in [4.78, 5) is 39.6. The first kappa shape index (κ1) is 19.9. The van der Waals surface area contributed by atoms with E-state index < -0.39 is 17.6 Å². The molecule has 0 atom stereocenters. The molecule has 1 heterocycles. The van der Waals surface area contributed by atoms with Crippen LogP contribution >= 0.6 is 0 Å². The number of nitrogens with zero attached hydrogens (tertiary/aromatic N) is 1. The van der Waals surface area contributed by atoms with Crippen LogP contribution in [0.1, 0.15) is 31.1 Å². The number of nitrogens with one attached hydrogen (secondary N) is 3. The summed E-state index contributed by atoms with van der Waals surface area (Å²) in [6.45, 7) is 4.97. The molecule has 142 valence electrons. The van der Waals surface area contributed by atoms with Crippen LogP contribution < -0.4 is 16.0 Å². The second-order valence-electron chi connectivity index (χ2n) is 6.68. The van der Waals surface area contributed by atoms with Crippen LogP contribution in [0.4, 0.5) is 16.2 Å². The molecule has 1 aromatic heterocycles. The number of hydrogen-bond donors (Lipinski definition) is 3. The normalized spacial score (nSPS) is 10.6. The minimum absolute atomic E-state index is 0.235. The maximum absolute atomic E-state index is 12.1. The number of benzene rings is 1. The highest BCUT2D eigenvalue weighted by molar-refractivity contribution is 6.04. The number of alkyl carbamates (subject to hydrolysis) is 1. The molecule has 0 saturated heterocycles. The molecule has 2 aromatic rings. The number of carbonyl (C=O) groups excluding carboxylic acids is 3. The number of carbonyl (C=O) groups is 3. The third kappa shape index (κ3) is 7.15. The Morgan fingerprint density at radius 1 is 1.04 bits per heavy atom. The number of anilines is 2. The third-order valence-electron chi connectivity index (χ3n) is 3.12. The molecule has 8 nitrogen and oxygen atoms in total. The van der Waals surface area contributed by atoms with Gasteiger partial charge in [0.05, 0.1) is 5.56 Å². The standard InChI is InChI=1S/C19H22N4O4/c1-19(2,3)27-18(26)21-12-16(24)22-14-7-4-8-15(10-14)23-17(25)13-6-5-9-20-11-13/h4-11H,12H2,1-3H3,(H,21,26)(H,22,24)(H,23,25). The topological polar surface area (TPSA) is 109 Å². The van der Waals surface area contributed by atoms with Gasteiger partial charge in [-0.1, -0.05) is 6.07 Å². The lowest BCUT2D eigenvalue weighted by Crippen LogP contribution is -2.37. The quantitative estimate of drug-likeness (QED) is 0.750. The van der Waals surface area contributed by atoms with Gasteiger partial charge in [0.25, 0.3) is 5.91 Å². The van der Waals surface area contributed by atoms with E-state index in [4.69, 9.17) is 4.74 Å². The van der Waals surface area contributed by atoms with Crippen molar-refractivity contribution in [3.8, 4) is 0 Å². The monoisotopic (exact) mass is 370 g/mol. The van der Waals surface area contributed by atoms with Crippen LogP contribution in [0.2, 0.25) is 0 Å². The van der Waals surface area contributed by atoms with Gasteiger partial charge in [0.1, 0.15) is 12.1 Å². The van der Waals surface area contributed by atoms with Crippen molar-refractivity contribution in [3.05, 3.63) is 54.4 Å². The summed E-state index contributed by atoms with van der Waals surface area (Å²) in [5.41, 5.74) is 0.784. The van der Waals surface area contributed by atoms with Gasteiger partial charge in [0.2, 0.25) is 5.91 Å². The SMILES string of the molecule is CC(C)(C)OC(=O)NCC(=O)Nc1cccc(NC(=O)c2cccnc2)c1. The first-order valence-electron chi connectivity index (χ1n) is 8.31. The van der Waals surface area contributed by atoms with Crippen molar-refractivity contribution in [2.75, 3.05) is 17.2 Å². The van der Waals surface area contributed by atoms with Crippen molar-refractivity contribution in [1.82, 2.24) is 10.3 Å². The zero-order chi connectivity index (χ0) is 19.9. The third-order valence-corrected chi connectivity index (χ3v) is 3.12. The highest BCUT2D eigenvalue weighted by Gasteiger charge is 2.16. The van der Waals surface area contributed by atoms with Gasteiger partial charge in [-0.3, -0.25) is 14.6 Å². The van der Waals surface area contributed by atoms with Gasteiger partial charge < -0.3 is 20.7 Å². The maximum Gasteiger partial charge on any atom is 0.408 e. The smallest absolute Gasteiger partial charge is 0.408 e. The number of pyridine rings is 1. The molecule has 3 N–H and O–H groups in total. The fourth-order valence-electron chi connectivity index (χ4n) is 2.05. The Morgan fingerprint density at radius 2 is 1.74 bits per heavy atom. The van der Waals surface area contributed by atoms with Crippen LogP contribution in [0.5, 0.6) is 0 Å². The summed E-state index contributed by atoms with van der Waals surface area (Å²) in [6, 6.07) is 9.99. The molecule has 0 aliphatic rings. The van der Waals surface area contributed by atoms with Crippen molar-refractivity contribution < 1.29 is 19.1 Å². The average molecular weight is 370 g/mol. The summed E-state index contributed by atoms with van der Waals surface area (Å²) >= 11 is 0. The molecule has 0 radical (unpaired) electrons. The van der Waals surface area contributed by atoms with Crippen molar-refractivity contribution in [3.63, 3.8) is 0 Å². The highest BCUT2D eigenvalue weighted by atomic mass is 16.6. The van der Waals surface area contributed by atoms with Crippen LogP contribution in [-0.4, -0.2) is 35.0 Å². The van der Waals surface area contributed by atoms with Gasteiger partial charge in [0, 0.05) is 23.8 Å². The molecule has 3 amide bonds. The summed E-state index contributed by atoms with van der Waals surface area (Å²) in [6.07, 6.45) is 2.37. The molecule has 0 bridgehead atoms. The molecule has 27 heavy (non-hydrogen) atoms. The number of aromatic nitrogens is 1. The molecule has 2 rings (SSSR count). The van der Waals surface area contributed by atoms with E-state index in [1.165, 1.54) is 6.20 Å². The van der Waals surface area contributed by atoms with Crippen molar-refractivity contribution in [2.24, 2.45) is 0 Å². The Balaban J connectivity index is 1.88. The molecule has 0 saturated carbocycles. The fraction of sp³-hybridized carbons (Fsp3) is 0.263. The number of rotatable bonds is 5. The molecular formula is C19H22N4O4. The van der Waals surface area contributed by atoms with Crippen LogP contribution in [0.15, 0.2) is 48.8 Å². The van der Waals surface area contributed by atoms with Gasteiger partial charge in [0.15, 0.2) is 0 Å². The van der Waals surface area contributed by atoms with Crippen LogP contribution in [0, 0.1) is 0 Å². The Bertz CT molecular complexity index is 816. The maximum atomic E-state index is 12.1. The van der Waals surface area contributed by atoms with E-state index >= 15 is 0 Å². The van der Waals surface area contributed by atoms with Crippen molar-refractivity contribution in [1.29, 1.82) is 0 Å². The summed E-state index contributed by atoms with van der Waals surface area (Å²) in [5.74, 6) is -0.727. The lowest BCUT2D eigenvalue weighted by molar-refractivity contribution is -0.115. The zero-order valence-corrected chi connectivity index (χ0v) is 15.4. The second kappa shape index (κ2) is 8.79. The van der Waals surface area contributed by atoms with E-state index in [1.807, 2.05) is 0 Å². The first-order chi connectivity index (χ1) is 12.7. The average Bonchev–Trinajstić information content (AvgIpc) is 2.59. The van der Waals surface area contributed by atoms with E-state index in [9.17, 15) is 14.4 Å². The number of hydrogen-bond acceptors (Lipinski definition) is 5. The molecule has 8 heteroatoms. The molecular weight excluding hydrogens is 348 g/mol. The van der Waals surface area contributed by atoms with Gasteiger partial charge >= 0.3 is 6.09 Å². The number of ether oxygens (including phenoxy) is 1. The summed E-state index contributed by atoms with van der Waals surface area (Å²) < 4.78 is 5.06.